The first-order valence-electron chi connectivity index (χ1n) is 7.63. The quantitative estimate of drug-likeness (QED) is 0.743. The molecule has 0 aliphatic rings. The molecule has 130 valence electrons. The van der Waals surface area contributed by atoms with Gasteiger partial charge in [-0.2, -0.15) is 0 Å². The Bertz CT molecular complexity index is 527. The first-order chi connectivity index (χ1) is 10.3. The molecule has 2 amide bonds. The Hall–Kier alpha value is -1.59. The van der Waals surface area contributed by atoms with E-state index in [2.05, 4.69) is 38.3 Å². The van der Waals surface area contributed by atoms with Gasteiger partial charge in [-0.3, -0.25) is 9.59 Å². The summed E-state index contributed by atoms with van der Waals surface area (Å²) in [6.45, 7) is 9.17. The van der Waals surface area contributed by atoms with Gasteiger partial charge in [-0.1, -0.05) is 39.8 Å². The minimum atomic E-state index is -0.231. The van der Waals surface area contributed by atoms with Gasteiger partial charge >= 0.3 is 0 Å². The predicted molar refractivity (Wildman–Crippen MR) is 96.9 cm³/mol. The van der Waals surface area contributed by atoms with E-state index in [9.17, 15) is 9.59 Å². The van der Waals surface area contributed by atoms with Crippen LogP contribution in [0.3, 0.4) is 0 Å². The van der Waals surface area contributed by atoms with Crippen LogP contribution in [0.2, 0.25) is 0 Å². The van der Waals surface area contributed by atoms with Crippen LogP contribution >= 0.6 is 12.4 Å². The maximum absolute atomic E-state index is 12.2. The molecule has 0 aliphatic carbocycles. The van der Waals surface area contributed by atoms with Gasteiger partial charge in [0.2, 0.25) is 5.91 Å². The lowest BCUT2D eigenvalue weighted by molar-refractivity contribution is -0.117. The molecular weight excluding hydrogens is 314 g/mol. The molecule has 1 aromatic rings. The summed E-state index contributed by atoms with van der Waals surface area (Å²) in [5.74, 6) is -0.0718. The fourth-order valence-electron chi connectivity index (χ4n) is 1.86. The molecule has 0 heterocycles. The van der Waals surface area contributed by atoms with Crippen LogP contribution in [0, 0.1) is 11.3 Å². The number of nitrogens with one attached hydrogen (secondary N) is 2. The third-order valence-electron chi connectivity index (χ3n) is 3.85. The second kappa shape index (κ2) is 9.53. The Morgan fingerprint density at radius 3 is 2.39 bits per heavy atom. The molecule has 0 aromatic heterocycles. The number of hydrogen-bond donors (Lipinski definition) is 3. The van der Waals surface area contributed by atoms with Crippen LogP contribution in [0.4, 0.5) is 5.69 Å². The van der Waals surface area contributed by atoms with E-state index < -0.39 is 0 Å². The number of para-hydroxylation sites is 1. The number of rotatable bonds is 6. The van der Waals surface area contributed by atoms with Crippen LogP contribution in [0.15, 0.2) is 24.3 Å². The maximum atomic E-state index is 12.2. The van der Waals surface area contributed by atoms with Gasteiger partial charge in [-0.25, -0.2) is 0 Å². The van der Waals surface area contributed by atoms with Crippen molar-refractivity contribution in [3.05, 3.63) is 29.8 Å². The Morgan fingerprint density at radius 2 is 1.83 bits per heavy atom. The lowest BCUT2D eigenvalue weighted by Crippen LogP contribution is -2.30. The van der Waals surface area contributed by atoms with Crippen LogP contribution in [-0.2, 0) is 4.79 Å². The highest BCUT2D eigenvalue weighted by atomic mass is 35.5. The van der Waals surface area contributed by atoms with E-state index in [-0.39, 0.29) is 35.6 Å². The highest BCUT2D eigenvalue weighted by Gasteiger charge is 2.23. The van der Waals surface area contributed by atoms with Crippen molar-refractivity contribution in [3.63, 3.8) is 0 Å². The van der Waals surface area contributed by atoms with E-state index in [0.29, 0.717) is 30.8 Å². The number of benzene rings is 1. The summed E-state index contributed by atoms with van der Waals surface area (Å²) >= 11 is 0. The highest BCUT2D eigenvalue weighted by Crippen LogP contribution is 2.28. The first-order valence-corrected chi connectivity index (χ1v) is 7.63. The molecule has 23 heavy (non-hydrogen) atoms. The smallest absolute Gasteiger partial charge is 0.253 e. The minimum absolute atomic E-state index is 0. The second-order valence-electron chi connectivity index (χ2n) is 6.61. The Balaban J connectivity index is 0.00000484. The number of nitrogens with two attached hydrogens (primary N) is 1. The van der Waals surface area contributed by atoms with Crippen LogP contribution in [0.25, 0.3) is 0 Å². The standard InChI is InChI=1S/C17H27N3O2.ClH/c1-12(17(2,3)4)11-15(21)20-14-8-6-5-7-13(14)16(22)19-10-9-18;/h5-8,12H,9-11,18H2,1-4H3,(H,19,22)(H,20,21);1H. The van der Waals surface area contributed by atoms with Crippen molar-refractivity contribution in [2.75, 3.05) is 18.4 Å². The zero-order chi connectivity index (χ0) is 16.8. The lowest BCUT2D eigenvalue weighted by Gasteiger charge is -2.26. The van der Waals surface area contributed by atoms with Gasteiger partial charge in [0.15, 0.2) is 0 Å². The van der Waals surface area contributed by atoms with Gasteiger partial charge in [0.05, 0.1) is 11.3 Å². The summed E-state index contributed by atoms with van der Waals surface area (Å²) < 4.78 is 0. The van der Waals surface area contributed by atoms with Crippen LogP contribution in [0.5, 0.6) is 0 Å². The van der Waals surface area contributed by atoms with Crippen molar-refractivity contribution < 1.29 is 9.59 Å². The fourth-order valence-corrected chi connectivity index (χ4v) is 1.86. The van der Waals surface area contributed by atoms with Crippen LogP contribution in [-0.4, -0.2) is 24.9 Å². The summed E-state index contributed by atoms with van der Waals surface area (Å²) in [6, 6.07) is 6.99. The zero-order valence-electron chi connectivity index (χ0n) is 14.3. The van der Waals surface area contributed by atoms with E-state index >= 15 is 0 Å². The third-order valence-corrected chi connectivity index (χ3v) is 3.85. The molecule has 0 saturated heterocycles. The van der Waals surface area contributed by atoms with Gasteiger partial charge in [0, 0.05) is 19.5 Å². The van der Waals surface area contributed by atoms with Gasteiger partial charge in [-0.05, 0) is 23.5 Å². The molecule has 1 unspecified atom stereocenters. The average molecular weight is 342 g/mol. The average Bonchev–Trinajstić information content (AvgIpc) is 2.44. The van der Waals surface area contributed by atoms with Crippen molar-refractivity contribution >= 4 is 29.9 Å². The molecule has 5 nitrogen and oxygen atoms in total. The topological polar surface area (TPSA) is 84.2 Å². The number of carbonyl (C=O) groups excluding carboxylic acids is 2. The first kappa shape index (κ1) is 21.4. The van der Waals surface area contributed by atoms with E-state index in [1.54, 1.807) is 24.3 Å². The largest absolute Gasteiger partial charge is 0.351 e. The zero-order valence-corrected chi connectivity index (χ0v) is 15.1. The van der Waals surface area contributed by atoms with Gasteiger partial charge in [0.25, 0.3) is 5.91 Å². The van der Waals surface area contributed by atoms with E-state index in [4.69, 9.17) is 5.73 Å². The molecule has 0 saturated carbocycles. The summed E-state index contributed by atoms with van der Waals surface area (Å²) in [4.78, 5) is 24.3. The molecule has 1 atom stereocenters. The number of hydrogen-bond acceptors (Lipinski definition) is 3. The monoisotopic (exact) mass is 341 g/mol. The Labute approximate surface area is 144 Å². The molecule has 0 bridgehead atoms. The van der Waals surface area contributed by atoms with Crippen molar-refractivity contribution in [2.24, 2.45) is 17.1 Å². The van der Waals surface area contributed by atoms with Gasteiger partial charge in [0.1, 0.15) is 0 Å². The third kappa shape index (κ3) is 7.01. The predicted octanol–water partition coefficient (Wildman–Crippen LogP) is 2.81. The lowest BCUT2D eigenvalue weighted by atomic mass is 9.80. The molecule has 4 N–H and O–H groups in total. The molecular formula is C17H28ClN3O2. The SMILES string of the molecule is CC(CC(=O)Nc1ccccc1C(=O)NCCN)C(C)(C)C.Cl. The summed E-state index contributed by atoms with van der Waals surface area (Å²) in [7, 11) is 0. The maximum Gasteiger partial charge on any atom is 0.253 e. The van der Waals surface area contributed by atoms with E-state index in [1.165, 1.54) is 0 Å². The highest BCUT2D eigenvalue weighted by molar-refractivity contribution is 6.03. The molecule has 0 fully saturated rings. The van der Waals surface area contributed by atoms with E-state index in [0.717, 1.165) is 0 Å². The van der Waals surface area contributed by atoms with Crippen molar-refractivity contribution in [3.8, 4) is 0 Å². The van der Waals surface area contributed by atoms with Crippen molar-refractivity contribution in [2.45, 2.75) is 34.1 Å². The fraction of sp³-hybridized carbons (Fsp3) is 0.529. The minimum Gasteiger partial charge on any atom is -0.351 e. The Morgan fingerprint density at radius 1 is 1.22 bits per heavy atom. The summed E-state index contributed by atoms with van der Waals surface area (Å²) in [6.07, 6.45) is 0.419. The molecule has 0 aliphatic heterocycles. The summed E-state index contributed by atoms with van der Waals surface area (Å²) in [5.41, 5.74) is 6.43. The molecule has 1 rings (SSSR count). The Kier molecular flexibility index (Phi) is 8.87. The number of halogens is 1. The van der Waals surface area contributed by atoms with Crippen LogP contribution in [0.1, 0.15) is 44.5 Å². The normalized spacial score (nSPS) is 12.0. The number of carbonyl (C=O) groups is 2. The number of anilines is 1. The number of amides is 2. The van der Waals surface area contributed by atoms with Crippen LogP contribution < -0.4 is 16.4 Å². The van der Waals surface area contributed by atoms with Crippen molar-refractivity contribution in [1.82, 2.24) is 5.32 Å². The summed E-state index contributed by atoms with van der Waals surface area (Å²) in [5, 5.41) is 5.55. The van der Waals surface area contributed by atoms with Gasteiger partial charge in [-0.15, -0.1) is 12.4 Å². The van der Waals surface area contributed by atoms with Crippen molar-refractivity contribution in [1.29, 1.82) is 0 Å². The molecule has 6 heteroatoms. The van der Waals surface area contributed by atoms with E-state index in [1.807, 2.05) is 0 Å². The van der Waals surface area contributed by atoms with Gasteiger partial charge < -0.3 is 16.4 Å². The molecule has 0 radical (unpaired) electrons. The second-order valence-corrected chi connectivity index (χ2v) is 6.61. The molecule has 1 aromatic carbocycles. The molecule has 0 spiro atoms.